The van der Waals surface area contributed by atoms with E-state index in [4.69, 9.17) is 16.7 Å². The Morgan fingerprint density at radius 1 is 1.38 bits per heavy atom. The lowest BCUT2D eigenvalue weighted by molar-refractivity contribution is 0.0702. The fourth-order valence-corrected chi connectivity index (χ4v) is 2.39. The van der Waals surface area contributed by atoms with Crippen molar-refractivity contribution in [3.05, 3.63) is 39.9 Å². The van der Waals surface area contributed by atoms with Gasteiger partial charge in [0.1, 0.15) is 5.01 Å². The average Bonchev–Trinajstić information content (AvgIpc) is 2.61. The molecule has 1 aromatic heterocycles. The highest BCUT2D eigenvalue weighted by molar-refractivity contribution is 7.17. The van der Waals surface area contributed by atoms with Gasteiger partial charge in [0.2, 0.25) is 0 Å². The summed E-state index contributed by atoms with van der Waals surface area (Å²) in [5.41, 5.74) is 2.02. The van der Waals surface area contributed by atoms with E-state index in [1.165, 1.54) is 0 Å². The number of aromatic nitrogens is 1. The van der Waals surface area contributed by atoms with Gasteiger partial charge in [0, 0.05) is 5.56 Å². The Kier molecular flexibility index (Phi) is 2.94. The third-order valence-corrected chi connectivity index (χ3v) is 3.56. The molecule has 0 saturated carbocycles. The van der Waals surface area contributed by atoms with Crippen LogP contribution in [0.15, 0.2) is 24.3 Å². The molecule has 0 saturated heterocycles. The second kappa shape index (κ2) is 4.23. The van der Waals surface area contributed by atoms with Crippen molar-refractivity contribution in [2.24, 2.45) is 0 Å². The van der Waals surface area contributed by atoms with E-state index in [9.17, 15) is 4.79 Å². The van der Waals surface area contributed by atoms with Crippen LogP contribution in [0.2, 0.25) is 5.15 Å². The van der Waals surface area contributed by atoms with Gasteiger partial charge in [0.15, 0.2) is 10.0 Å². The molecule has 2 aromatic rings. The summed E-state index contributed by atoms with van der Waals surface area (Å²) in [6.07, 6.45) is 0. The number of benzene rings is 1. The van der Waals surface area contributed by atoms with E-state index in [1.807, 2.05) is 31.2 Å². The molecule has 0 radical (unpaired) electrons. The second-order valence-corrected chi connectivity index (χ2v) is 4.67. The molecule has 0 amide bonds. The Morgan fingerprint density at radius 2 is 2.00 bits per heavy atom. The third kappa shape index (κ3) is 2.08. The molecule has 0 unspecified atom stereocenters. The van der Waals surface area contributed by atoms with Crippen molar-refractivity contribution in [2.75, 3.05) is 0 Å². The fraction of sp³-hybridized carbons (Fsp3) is 0.0909. The van der Waals surface area contributed by atoms with Crippen molar-refractivity contribution >= 4 is 28.9 Å². The van der Waals surface area contributed by atoms with E-state index < -0.39 is 5.97 Å². The van der Waals surface area contributed by atoms with Crippen LogP contribution in [0.1, 0.15) is 15.2 Å². The number of carboxylic acid groups (broad SMARTS) is 1. The monoisotopic (exact) mass is 253 g/mol. The topological polar surface area (TPSA) is 50.2 Å². The smallest absolute Gasteiger partial charge is 0.349 e. The second-order valence-electron chi connectivity index (χ2n) is 3.31. The number of hydrogen-bond donors (Lipinski definition) is 1. The molecule has 1 heterocycles. The number of thiazole rings is 1. The lowest BCUT2D eigenvalue weighted by atomic mass is 10.2. The molecule has 1 aromatic carbocycles. The summed E-state index contributed by atoms with van der Waals surface area (Å²) in [5.74, 6) is -1.04. The van der Waals surface area contributed by atoms with Crippen LogP contribution in [0, 0.1) is 6.92 Å². The lowest BCUT2D eigenvalue weighted by Crippen LogP contribution is -1.91. The van der Waals surface area contributed by atoms with Crippen LogP contribution in [0.25, 0.3) is 10.6 Å². The fourth-order valence-electron chi connectivity index (χ4n) is 1.25. The normalized spacial score (nSPS) is 10.4. The largest absolute Gasteiger partial charge is 0.477 e. The van der Waals surface area contributed by atoms with Crippen LogP contribution < -0.4 is 0 Å². The van der Waals surface area contributed by atoms with E-state index >= 15 is 0 Å². The number of carboxylic acids is 1. The highest BCUT2D eigenvalue weighted by Gasteiger charge is 2.16. The zero-order valence-electron chi connectivity index (χ0n) is 8.40. The van der Waals surface area contributed by atoms with Gasteiger partial charge in [-0.15, -0.1) is 11.3 Å². The lowest BCUT2D eigenvalue weighted by Gasteiger charge is -1.95. The highest BCUT2D eigenvalue weighted by Crippen LogP contribution is 2.30. The first-order chi connectivity index (χ1) is 7.58. The first-order valence-corrected chi connectivity index (χ1v) is 5.74. The number of carbonyl (C=O) groups is 1. The van der Waals surface area contributed by atoms with Crippen molar-refractivity contribution < 1.29 is 9.90 Å². The molecule has 0 aliphatic rings. The first-order valence-electron chi connectivity index (χ1n) is 4.54. The first kappa shape index (κ1) is 11.1. The Labute approximate surface area is 101 Å². The molecule has 2 rings (SSSR count). The van der Waals surface area contributed by atoms with Crippen LogP contribution in [0.5, 0.6) is 0 Å². The summed E-state index contributed by atoms with van der Waals surface area (Å²) in [4.78, 5) is 14.9. The Morgan fingerprint density at radius 3 is 2.50 bits per heavy atom. The summed E-state index contributed by atoms with van der Waals surface area (Å²) in [6, 6.07) is 7.70. The van der Waals surface area contributed by atoms with Crippen LogP contribution in [0.4, 0.5) is 0 Å². The van der Waals surface area contributed by atoms with Crippen molar-refractivity contribution in [3.8, 4) is 10.6 Å². The van der Waals surface area contributed by atoms with Crippen molar-refractivity contribution in [1.82, 2.24) is 4.98 Å². The van der Waals surface area contributed by atoms with Gasteiger partial charge >= 0.3 is 5.97 Å². The number of nitrogens with zero attached hydrogens (tertiary/aromatic N) is 1. The van der Waals surface area contributed by atoms with Gasteiger partial charge in [-0.05, 0) is 6.92 Å². The Bertz CT molecular complexity index is 533. The minimum atomic E-state index is -1.04. The molecule has 1 N–H and O–H groups in total. The van der Waals surface area contributed by atoms with Gasteiger partial charge in [0.25, 0.3) is 0 Å². The van der Waals surface area contributed by atoms with Crippen LogP contribution in [0.3, 0.4) is 0 Å². The maximum atomic E-state index is 10.8. The van der Waals surface area contributed by atoms with E-state index in [0.29, 0.717) is 5.01 Å². The molecule has 0 atom stereocenters. The average molecular weight is 254 g/mol. The number of hydrogen-bond acceptors (Lipinski definition) is 3. The quantitative estimate of drug-likeness (QED) is 0.892. The maximum Gasteiger partial charge on any atom is 0.349 e. The predicted molar refractivity (Wildman–Crippen MR) is 64.3 cm³/mol. The Balaban J connectivity index is 2.45. The summed E-state index contributed by atoms with van der Waals surface area (Å²) < 4.78 is 0. The van der Waals surface area contributed by atoms with Crippen LogP contribution in [-0.4, -0.2) is 16.1 Å². The van der Waals surface area contributed by atoms with Gasteiger partial charge in [-0.2, -0.15) is 0 Å². The molecule has 82 valence electrons. The van der Waals surface area contributed by atoms with E-state index in [1.54, 1.807) is 0 Å². The minimum absolute atomic E-state index is 0.0491. The zero-order valence-corrected chi connectivity index (χ0v) is 9.97. The van der Waals surface area contributed by atoms with Gasteiger partial charge in [0.05, 0.1) is 0 Å². The molecule has 0 aliphatic heterocycles. The highest BCUT2D eigenvalue weighted by atomic mass is 35.5. The summed E-state index contributed by atoms with van der Waals surface area (Å²) in [6.45, 7) is 1.99. The predicted octanol–water partition coefficient (Wildman–Crippen LogP) is 3.47. The number of aromatic carboxylic acids is 1. The molecule has 0 spiro atoms. The van der Waals surface area contributed by atoms with Gasteiger partial charge in [-0.1, -0.05) is 41.4 Å². The van der Waals surface area contributed by atoms with E-state index in [2.05, 4.69) is 4.98 Å². The van der Waals surface area contributed by atoms with E-state index in [-0.39, 0.29) is 10.0 Å². The van der Waals surface area contributed by atoms with Gasteiger partial charge in [-0.3, -0.25) is 0 Å². The maximum absolute atomic E-state index is 10.8. The third-order valence-electron chi connectivity index (χ3n) is 2.08. The summed E-state index contributed by atoms with van der Waals surface area (Å²) in [5, 5.41) is 9.53. The molecule has 16 heavy (non-hydrogen) atoms. The summed E-state index contributed by atoms with van der Waals surface area (Å²) >= 11 is 6.82. The molecule has 0 aliphatic carbocycles. The number of rotatable bonds is 2. The molecule has 0 fully saturated rings. The molecule has 0 bridgehead atoms. The number of aryl methyl sites for hydroxylation is 1. The van der Waals surface area contributed by atoms with Crippen molar-refractivity contribution in [3.63, 3.8) is 0 Å². The van der Waals surface area contributed by atoms with Gasteiger partial charge < -0.3 is 5.11 Å². The van der Waals surface area contributed by atoms with Crippen molar-refractivity contribution in [1.29, 1.82) is 0 Å². The summed E-state index contributed by atoms with van der Waals surface area (Å²) in [7, 11) is 0. The van der Waals surface area contributed by atoms with Gasteiger partial charge in [-0.25, -0.2) is 9.78 Å². The minimum Gasteiger partial charge on any atom is -0.477 e. The van der Waals surface area contributed by atoms with E-state index in [0.717, 1.165) is 22.5 Å². The SMILES string of the molecule is Cc1ccc(-c2nc(Cl)c(C(=O)O)s2)cc1. The molecular formula is C11H8ClNO2S. The van der Waals surface area contributed by atoms with Crippen LogP contribution in [-0.2, 0) is 0 Å². The molecule has 5 heteroatoms. The Hall–Kier alpha value is -1.39. The van der Waals surface area contributed by atoms with Crippen LogP contribution >= 0.6 is 22.9 Å². The molecular weight excluding hydrogens is 246 g/mol. The number of halogens is 1. The molecule has 3 nitrogen and oxygen atoms in total. The van der Waals surface area contributed by atoms with Crippen molar-refractivity contribution in [2.45, 2.75) is 6.92 Å². The zero-order chi connectivity index (χ0) is 11.7. The standard InChI is InChI=1S/C11H8ClNO2S/c1-6-2-4-7(5-3-6)10-13-9(12)8(16-10)11(14)15/h2-5H,1H3,(H,14,15).